The summed E-state index contributed by atoms with van der Waals surface area (Å²) in [5, 5.41) is 13.8. The maximum Gasteiger partial charge on any atom is 0.311 e. The summed E-state index contributed by atoms with van der Waals surface area (Å²) < 4.78 is 5.20. The molecule has 0 fully saturated rings. The van der Waals surface area contributed by atoms with Crippen molar-refractivity contribution < 1.29 is 14.5 Å². The Morgan fingerprint density at radius 2 is 2.00 bits per heavy atom. The van der Waals surface area contributed by atoms with Crippen LogP contribution in [0.2, 0.25) is 0 Å². The summed E-state index contributed by atoms with van der Waals surface area (Å²) in [6.07, 6.45) is 0. The van der Waals surface area contributed by atoms with E-state index in [1.54, 1.807) is 13.0 Å². The zero-order valence-corrected chi connectivity index (χ0v) is 12.3. The number of nitrogens with one attached hydrogen (secondary N) is 1. The van der Waals surface area contributed by atoms with Crippen LogP contribution in [0.4, 0.5) is 11.4 Å². The number of hydrogen-bond donors (Lipinski definition) is 1. The molecule has 0 aliphatic carbocycles. The number of hydrogen-bond acceptors (Lipinski definition) is 4. The van der Waals surface area contributed by atoms with Gasteiger partial charge in [-0.1, -0.05) is 18.2 Å². The fraction of sp³-hybridized carbons (Fsp3) is 0.188. The Kier molecular flexibility index (Phi) is 4.73. The van der Waals surface area contributed by atoms with Crippen LogP contribution in [0.3, 0.4) is 0 Å². The first kappa shape index (κ1) is 15.5. The molecule has 114 valence electrons. The number of benzene rings is 2. The van der Waals surface area contributed by atoms with E-state index in [1.807, 2.05) is 25.1 Å². The Morgan fingerprint density at radius 1 is 1.27 bits per heavy atom. The highest BCUT2D eigenvalue weighted by atomic mass is 16.6. The lowest BCUT2D eigenvalue weighted by Crippen LogP contribution is -2.13. The monoisotopic (exact) mass is 300 g/mol. The summed E-state index contributed by atoms with van der Waals surface area (Å²) >= 11 is 0. The number of nitro benzene ring substituents is 1. The molecule has 0 aromatic heterocycles. The van der Waals surface area contributed by atoms with Gasteiger partial charge in [0.15, 0.2) is 5.75 Å². The van der Waals surface area contributed by atoms with Crippen molar-refractivity contribution >= 4 is 17.3 Å². The number of para-hydroxylation sites is 1. The van der Waals surface area contributed by atoms with Gasteiger partial charge in [0.25, 0.3) is 5.91 Å². The van der Waals surface area contributed by atoms with Crippen molar-refractivity contribution in [1.82, 2.24) is 0 Å². The molecule has 1 amide bonds. The van der Waals surface area contributed by atoms with Gasteiger partial charge in [-0.3, -0.25) is 14.9 Å². The number of ether oxygens (including phenoxy) is 1. The zero-order chi connectivity index (χ0) is 16.1. The smallest absolute Gasteiger partial charge is 0.311 e. The average molecular weight is 300 g/mol. The minimum absolute atomic E-state index is 0.153. The van der Waals surface area contributed by atoms with E-state index in [0.29, 0.717) is 12.3 Å². The van der Waals surface area contributed by atoms with Crippen molar-refractivity contribution in [2.45, 2.75) is 13.8 Å². The topological polar surface area (TPSA) is 81.5 Å². The number of aryl methyl sites for hydroxylation is 1. The van der Waals surface area contributed by atoms with Crippen LogP contribution in [-0.2, 0) is 0 Å². The van der Waals surface area contributed by atoms with E-state index >= 15 is 0 Å². The predicted molar refractivity (Wildman–Crippen MR) is 83.4 cm³/mol. The van der Waals surface area contributed by atoms with Gasteiger partial charge in [0.05, 0.1) is 11.5 Å². The van der Waals surface area contributed by atoms with Crippen LogP contribution in [0, 0.1) is 17.0 Å². The van der Waals surface area contributed by atoms with Crippen molar-refractivity contribution in [1.29, 1.82) is 0 Å². The van der Waals surface area contributed by atoms with E-state index in [9.17, 15) is 14.9 Å². The molecule has 22 heavy (non-hydrogen) atoms. The highest BCUT2D eigenvalue weighted by molar-refractivity contribution is 6.05. The minimum atomic E-state index is -0.560. The Balaban J connectivity index is 2.28. The first-order valence-electron chi connectivity index (χ1n) is 6.81. The summed E-state index contributed by atoms with van der Waals surface area (Å²) in [5.41, 5.74) is 1.57. The molecule has 1 N–H and O–H groups in total. The molecule has 0 saturated heterocycles. The minimum Gasteiger partial charge on any atom is -0.487 e. The van der Waals surface area contributed by atoms with Crippen LogP contribution in [0.5, 0.6) is 5.75 Å². The summed E-state index contributed by atoms with van der Waals surface area (Å²) in [5.74, 6) is -0.250. The van der Waals surface area contributed by atoms with E-state index in [1.165, 1.54) is 18.2 Å². The normalized spacial score (nSPS) is 10.1. The second kappa shape index (κ2) is 6.71. The highest BCUT2D eigenvalue weighted by Crippen LogP contribution is 2.28. The molecule has 0 bridgehead atoms. The molecule has 2 aromatic rings. The summed E-state index contributed by atoms with van der Waals surface area (Å²) in [6.45, 7) is 3.92. The van der Waals surface area contributed by atoms with Crippen LogP contribution in [0.25, 0.3) is 0 Å². The predicted octanol–water partition coefficient (Wildman–Crippen LogP) is 3.55. The van der Waals surface area contributed by atoms with Gasteiger partial charge in [-0.05, 0) is 37.6 Å². The molecule has 0 spiro atoms. The standard InChI is InChI=1S/C16H16N2O4/c1-3-22-15-9-8-12(10-14(15)18(20)21)16(19)17-13-7-5-4-6-11(13)2/h4-10H,3H2,1-2H3,(H,17,19). The van der Waals surface area contributed by atoms with Gasteiger partial charge in [-0.2, -0.15) is 0 Å². The second-order valence-electron chi connectivity index (χ2n) is 4.64. The molecule has 0 saturated carbocycles. The lowest BCUT2D eigenvalue weighted by atomic mass is 10.1. The molecule has 6 nitrogen and oxygen atoms in total. The molecular formula is C16H16N2O4. The van der Waals surface area contributed by atoms with Gasteiger partial charge in [0, 0.05) is 17.3 Å². The van der Waals surface area contributed by atoms with Gasteiger partial charge >= 0.3 is 5.69 Å². The molecule has 0 heterocycles. The summed E-state index contributed by atoms with van der Waals surface area (Å²) in [7, 11) is 0. The van der Waals surface area contributed by atoms with Gasteiger partial charge in [0.1, 0.15) is 0 Å². The number of nitro groups is 1. The van der Waals surface area contributed by atoms with E-state index in [0.717, 1.165) is 5.56 Å². The number of nitrogens with zero attached hydrogens (tertiary/aromatic N) is 1. The van der Waals surface area contributed by atoms with E-state index < -0.39 is 10.8 Å². The zero-order valence-electron chi connectivity index (χ0n) is 12.3. The highest BCUT2D eigenvalue weighted by Gasteiger charge is 2.18. The van der Waals surface area contributed by atoms with E-state index in [4.69, 9.17) is 4.74 Å². The number of carbonyl (C=O) groups is 1. The first-order chi connectivity index (χ1) is 10.5. The van der Waals surface area contributed by atoms with Gasteiger partial charge in [-0.25, -0.2) is 0 Å². The van der Waals surface area contributed by atoms with E-state index in [2.05, 4.69) is 5.32 Å². The van der Waals surface area contributed by atoms with Crippen molar-refractivity contribution in [3.05, 3.63) is 63.7 Å². The SMILES string of the molecule is CCOc1ccc(C(=O)Nc2ccccc2C)cc1[N+](=O)[O-]. The average Bonchev–Trinajstić information content (AvgIpc) is 2.50. The molecule has 0 atom stereocenters. The number of amides is 1. The van der Waals surface area contributed by atoms with E-state index in [-0.39, 0.29) is 17.0 Å². The molecule has 0 aliphatic rings. The first-order valence-corrected chi connectivity index (χ1v) is 6.81. The Bertz CT molecular complexity index is 713. The number of rotatable bonds is 5. The number of anilines is 1. The Hall–Kier alpha value is -2.89. The van der Waals surface area contributed by atoms with Crippen molar-refractivity contribution in [2.24, 2.45) is 0 Å². The second-order valence-corrected chi connectivity index (χ2v) is 4.64. The fourth-order valence-electron chi connectivity index (χ4n) is 1.99. The summed E-state index contributed by atoms with van der Waals surface area (Å²) in [6, 6.07) is 11.5. The lowest BCUT2D eigenvalue weighted by molar-refractivity contribution is -0.385. The fourth-order valence-corrected chi connectivity index (χ4v) is 1.99. The third-order valence-corrected chi connectivity index (χ3v) is 3.11. The molecule has 0 aliphatic heterocycles. The van der Waals surface area contributed by atoms with Crippen molar-refractivity contribution in [2.75, 3.05) is 11.9 Å². The van der Waals surface area contributed by atoms with Crippen LogP contribution < -0.4 is 10.1 Å². The Labute approximate surface area is 127 Å². The maximum atomic E-state index is 12.2. The number of carbonyl (C=O) groups excluding carboxylic acids is 1. The Morgan fingerprint density at radius 3 is 2.64 bits per heavy atom. The molecule has 0 radical (unpaired) electrons. The van der Waals surface area contributed by atoms with Gasteiger partial charge in [0.2, 0.25) is 0 Å². The van der Waals surface area contributed by atoms with Crippen LogP contribution in [-0.4, -0.2) is 17.4 Å². The van der Waals surface area contributed by atoms with Crippen molar-refractivity contribution in [3.63, 3.8) is 0 Å². The quantitative estimate of drug-likeness (QED) is 0.676. The molecule has 6 heteroatoms. The molecule has 2 aromatic carbocycles. The van der Waals surface area contributed by atoms with Crippen LogP contribution in [0.15, 0.2) is 42.5 Å². The molecular weight excluding hydrogens is 284 g/mol. The third kappa shape index (κ3) is 3.41. The molecule has 0 unspecified atom stereocenters. The van der Waals surface area contributed by atoms with Crippen LogP contribution >= 0.6 is 0 Å². The third-order valence-electron chi connectivity index (χ3n) is 3.11. The largest absolute Gasteiger partial charge is 0.487 e. The van der Waals surface area contributed by atoms with Gasteiger partial charge in [-0.15, -0.1) is 0 Å². The maximum absolute atomic E-state index is 12.2. The van der Waals surface area contributed by atoms with Crippen LogP contribution in [0.1, 0.15) is 22.8 Å². The molecule has 2 rings (SSSR count). The lowest BCUT2D eigenvalue weighted by Gasteiger charge is -2.09. The summed E-state index contributed by atoms with van der Waals surface area (Å²) in [4.78, 5) is 22.8. The van der Waals surface area contributed by atoms with Gasteiger partial charge < -0.3 is 10.1 Å². The van der Waals surface area contributed by atoms with Crippen molar-refractivity contribution in [3.8, 4) is 5.75 Å².